The molecule has 1 aromatic carbocycles. The first kappa shape index (κ1) is 12.6. The molecule has 0 aliphatic carbocycles. The van der Waals surface area contributed by atoms with Gasteiger partial charge in [0.15, 0.2) is 18.1 Å². The first-order valence-corrected chi connectivity index (χ1v) is 5.17. The molecule has 5 heteroatoms. The van der Waals surface area contributed by atoms with Crippen LogP contribution < -0.4 is 15.2 Å². The second-order valence-electron chi connectivity index (χ2n) is 3.08. The molecule has 0 radical (unpaired) electrons. The molecule has 0 aliphatic rings. The van der Waals surface area contributed by atoms with Crippen molar-refractivity contribution < 1.29 is 9.47 Å². The van der Waals surface area contributed by atoms with E-state index in [2.05, 4.69) is 0 Å². The van der Waals surface area contributed by atoms with Crippen LogP contribution in [0.25, 0.3) is 0 Å². The Morgan fingerprint density at radius 3 is 2.81 bits per heavy atom. The summed E-state index contributed by atoms with van der Waals surface area (Å²) in [5, 5.41) is 9.06. The second kappa shape index (κ2) is 6.21. The Labute approximate surface area is 99.5 Å². The Hall–Kier alpha value is -1.44. The summed E-state index contributed by atoms with van der Waals surface area (Å²) in [5.74, 6) is 1.06. The minimum Gasteiger partial charge on any atom is -0.493 e. The van der Waals surface area contributed by atoms with Gasteiger partial charge in [-0.2, -0.15) is 5.26 Å². The Morgan fingerprint density at radius 2 is 2.25 bits per heavy atom. The smallest absolute Gasteiger partial charge is 0.174 e. The number of nitriles is 1. The van der Waals surface area contributed by atoms with E-state index in [4.69, 9.17) is 32.1 Å². The van der Waals surface area contributed by atoms with E-state index in [-0.39, 0.29) is 6.61 Å². The van der Waals surface area contributed by atoms with Crippen LogP contribution in [0.2, 0.25) is 5.02 Å². The van der Waals surface area contributed by atoms with Gasteiger partial charge in [0.25, 0.3) is 0 Å². The van der Waals surface area contributed by atoms with E-state index in [1.54, 1.807) is 12.1 Å². The minimum atomic E-state index is -0.0322. The zero-order valence-corrected chi connectivity index (χ0v) is 9.75. The predicted molar refractivity (Wildman–Crippen MR) is 61.9 cm³/mol. The fourth-order valence-electron chi connectivity index (χ4n) is 1.38. The van der Waals surface area contributed by atoms with Gasteiger partial charge in [0.05, 0.1) is 7.11 Å². The highest BCUT2D eigenvalue weighted by Gasteiger charge is 2.12. The summed E-state index contributed by atoms with van der Waals surface area (Å²) >= 11 is 5.93. The summed E-state index contributed by atoms with van der Waals surface area (Å²) in [7, 11) is 1.52. The lowest BCUT2D eigenvalue weighted by molar-refractivity contribution is 0.326. The number of benzene rings is 1. The highest BCUT2D eigenvalue weighted by Crippen LogP contribution is 2.34. The van der Waals surface area contributed by atoms with Crippen molar-refractivity contribution in [2.45, 2.75) is 6.42 Å². The molecule has 0 unspecified atom stereocenters. The molecule has 1 rings (SSSR count). The highest BCUT2D eigenvalue weighted by atomic mass is 35.5. The van der Waals surface area contributed by atoms with Crippen molar-refractivity contribution >= 4 is 11.6 Å². The molecule has 86 valence electrons. The third-order valence-corrected chi connectivity index (χ3v) is 2.23. The number of halogens is 1. The van der Waals surface area contributed by atoms with Crippen LogP contribution in [-0.2, 0) is 6.42 Å². The molecule has 0 heterocycles. The summed E-state index contributed by atoms with van der Waals surface area (Å²) in [6, 6.07) is 5.32. The van der Waals surface area contributed by atoms with E-state index in [0.29, 0.717) is 29.5 Å². The van der Waals surface area contributed by atoms with Crippen LogP contribution in [-0.4, -0.2) is 20.3 Å². The van der Waals surface area contributed by atoms with Gasteiger partial charge in [-0.1, -0.05) is 11.6 Å². The van der Waals surface area contributed by atoms with Crippen LogP contribution in [0.4, 0.5) is 0 Å². The summed E-state index contributed by atoms with van der Waals surface area (Å²) in [6.07, 6.45) is 0.623. The molecule has 0 amide bonds. The predicted octanol–water partition coefficient (Wildman–Crippen LogP) is 1.75. The van der Waals surface area contributed by atoms with Gasteiger partial charge in [0.1, 0.15) is 6.07 Å². The maximum Gasteiger partial charge on any atom is 0.174 e. The fraction of sp³-hybridized carbons (Fsp3) is 0.364. The molecule has 0 saturated heterocycles. The second-order valence-corrected chi connectivity index (χ2v) is 3.52. The van der Waals surface area contributed by atoms with Crippen molar-refractivity contribution in [3.05, 3.63) is 22.7 Å². The molecule has 0 bridgehead atoms. The van der Waals surface area contributed by atoms with Gasteiger partial charge in [0.2, 0.25) is 0 Å². The highest BCUT2D eigenvalue weighted by molar-refractivity contribution is 6.30. The molecular weight excluding hydrogens is 228 g/mol. The van der Waals surface area contributed by atoms with Crippen LogP contribution in [0.3, 0.4) is 0 Å². The standard InChI is InChI=1S/C11H13ClN2O2/c1-15-10-7-9(12)6-8(2-3-13)11(10)16-5-4-14/h6-7H,2-3,5,13H2,1H3. The average Bonchev–Trinajstić information content (AvgIpc) is 2.27. The van der Waals surface area contributed by atoms with Gasteiger partial charge in [0, 0.05) is 16.7 Å². The van der Waals surface area contributed by atoms with E-state index in [0.717, 1.165) is 5.56 Å². The largest absolute Gasteiger partial charge is 0.493 e. The molecule has 16 heavy (non-hydrogen) atoms. The lowest BCUT2D eigenvalue weighted by Crippen LogP contribution is -2.06. The van der Waals surface area contributed by atoms with Crippen LogP contribution >= 0.6 is 11.6 Å². The van der Waals surface area contributed by atoms with E-state index in [1.807, 2.05) is 6.07 Å². The molecule has 0 fully saturated rings. The maximum atomic E-state index is 8.50. The quantitative estimate of drug-likeness (QED) is 0.852. The van der Waals surface area contributed by atoms with Crippen molar-refractivity contribution in [1.82, 2.24) is 0 Å². The summed E-state index contributed by atoms with van der Waals surface area (Å²) in [6.45, 7) is 0.446. The summed E-state index contributed by atoms with van der Waals surface area (Å²) in [4.78, 5) is 0. The molecular formula is C11H13ClN2O2. The normalized spacial score (nSPS) is 9.62. The summed E-state index contributed by atoms with van der Waals surface area (Å²) < 4.78 is 10.5. The van der Waals surface area contributed by atoms with Crippen molar-refractivity contribution in [1.29, 1.82) is 5.26 Å². The van der Waals surface area contributed by atoms with Crippen LogP contribution in [0, 0.1) is 11.3 Å². The number of nitrogens with two attached hydrogens (primary N) is 1. The molecule has 0 atom stereocenters. The Kier molecular flexibility index (Phi) is 4.90. The summed E-state index contributed by atoms with van der Waals surface area (Å²) in [5.41, 5.74) is 6.34. The van der Waals surface area contributed by atoms with E-state index in [1.165, 1.54) is 7.11 Å². The van der Waals surface area contributed by atoms with Gasteiger partial charge in [-0.3, -0.25) is 0 Å². The lowest BCUT2D eigenvalue weighted by atomic mass is 10.1. The molecule has 0 aromatic heterocycles. The molecule has 0 aliphatic heterocycles. The monoisotopic (exact) mass is 240 g/mol. The number of ether oxygens (including phenoxy) is 2. The molecule has 2 N–H and O–H groups in total. The fourth-order valence-corrected chi connectivity index (χ4v) is 1.61. The van der Waals surface area contributed by atoms with Gasteiger partial charge >= 0.3 is 0 Å². The average molecular weight is 241 g/mol. The third kappa shape index (κ3) is 3.02. The van der Waals surface area contributed by atoms with Crippen molar-refractivity contribution in [2.24, 2.45) is 5.73 Å². The molecule has 0 spiro atoms. The molecule has 1 aromatic rings. The third-order valence-electron chi connectivity index (χ3n) is 2.01. The number of methoxy groups -OCH3 is 1. The minimum absolute atomic E-state index is 0.0322. The topological polar surface area (TPSA) is 68.3 Å². The van der Waals surface area contributed by atoms with Gasteiger partial charge in [-0.25, -0.2) is 0 Å². The van der Waals surface area contributed by atoms with Crippen LogP contribution in [0.15, 0.2) is 12.1 Å². The van der Waals surface area contributed by atoms with Crippen LogP contribution in [0.5, 0.6) is 11.5 Å². The number of hydrogen-bond donors (Lipinski definition) is 1. The Balaban J connectivity index is 3.11. The van der Waals surface area contributed by atoms with Gasteiger partial charge in [-0.15, -0.1) is 0 Å². The van der Waals surface area contributed by atoms with E-state index < -0.39 is 0 Å². The van der Waals surface area contributed by atoms with Crippen molar-refractivity contribution in [3.63, 3.8) is 0 Å². The zero-order valence-electron chi connectivity index (χ0n) is 9.00. The van der Waals surface area contributed by atoms with Gasteiger partial charge in [-0.05, 0) is 19.0 Å². The zero-order chi connectivity index (χ0) is 12.0. The number of rotatable bonds is 5. The lowest BCUT2D eigenvalue weighted by Gasteiger charge is -2.13. The molecule has 0 saturated carbocycles. The number of nitrogens with zero attached hydrogens (tertiary/aromatic N) is 1. The number of hydrogen-bond acceptors (Lipinski definition) is 4. The SMILES string of the molecule is COc1cc(Cl)cc(CCN)c1OCC#N. The van der Waals surface area contributed by atoms with Crippen molar-refractivity contribution in [2.75, 3.05) is 20.3 Å². The van der Waals surface area contributed by atoms with E-state index in [9.17, 15) is 0 Å². The molecule has 4 nitrogen and oxygen atoms in total. The van der Waals surface area contributed by atoms with Gasteiger partial charge < -0.3 is 15.2 Å². The van der Waals surface area contributed by atoms with Crippen LogP contribution in [0.1, 0.15) is 5.56 Å². The first-order chi connectivity index (χ1) is 7.72. The first-order valence-electron chi connectivity index (χ1n) is 4.79. The Bertz CT molecular complexity index is 402. The van der Waals surface area contributed by atoms with E-state index >= 15 is 0 Å². The Morgan fingerprint density at radius 1 is 1.50 bits per heavy atom. The van der Waals surface area contributed by atoms with Crippen molar-refractivity contribution in [3.8, 4) is 17.6 Å². The maximum absolute atomic E-state index is 8.50.